The molecule has 0 aliphatic carbocycles. The number of ether oxygens (including phenoxy) is 2. The number of nitrogens with one attached hydrogen (secondary N) is 1. The van der Waals surface area contributed by atoms with E-state index >= 15 is 0 Å². The molecule has 3 aliphatic rings. The van der Waals surface area contributed by atoms with Gasteiger partial charge in [-0.15, -0.1) is 0 Å². The van der Waals surface area contributed by atoms with Crippen molar-refractivity contribution < 1.29 is 14.3 Å². The summed E-state index contributed by atoms with van der Waals surface area (Å²) in [5, 5.41) is 3.30. The Morgan fingerprint density at radius 2 is 2.11 bits per heavy atom. The van der Waals surface area contributed by atoms with Crippen LogP contribution in [0.1, 0.15) is 50.6 Å². The van der Waals surface area contributed by atoms with E-state index in [1.165, 1.54) is 18.4 Å². The molecule has 4 atom stereocenters. The predicted molar refractivity (Wildman–Crippen MR) is 108 cm³/mol. The Labute approximate surface area is 168 Å². The van der Waals surface area contributed by atoms with Gasteiger partial charge in [0.2, 0.25) is 5.91 Å². The number of carbonyl (C=O) groups is 1. The van der Waals surface area contributed by atoms with E-state index in [4.69, 9.17) is 9.47 Å². The van der Waals surface area contributed by atoms with Crippen LogP contribution in [0.25, 0.3) is 0 Å². The van der Waals surface area contributed by atoms with E-state index in [2.05, 4.69) is 40.2 Å². The Bertz CT molecular complexity index is 683. The molecule has 1 N–H and O–H groups in total. The van der Waals surface area contributed by atoms with Gasteiger partial charge in [-0.3, -0.25) is 14.6 Å². The lowest BCUT2D eigenvalue weighted by molar-refractivity contribution is -0.131. The average molecular weight is 388 g/mol. The Kier molecular flexibility index (Phi) is 6.19. The average Bonchev–Trinajstić information content (AvgIpc) is 2.73. The molecule has 0 bridgehead atoms. The molecule has 2 unspecified atom stereocenters. The van der Waals surface area contributed by atoms with Gasteiger partial charge in [-0.1, -0.05) is 18.6 Å². The molecule has 0 spiro atoms. The third kappa shape index (κ3) is 4.19. The number of amides is 1. The van der Waals surface area contributed by atoms with Gasteiger partial charge in [-0.25, -0.2) is 0 Å². The standard InChI is InChI=1S/C22H33N3O3/c1-16-15-28-11-10-24(16)18-13-21(23-22(26)14-18)25-9-4-3-8-20(25)17-6-5-7-19(12-17)27-2/h5-7,12,16,18,20-21H,3-4,8-11,13-15H2,1-2H3,(H,23,26)/t16-,18?,20-,21?/m1/s1. The molecule has 1 aromatic rings. The van der Waals surface area contributed by atoms with Crippen LogP contribution >= 0.6 is 0 Å². The molecule has 1 amide bonds. The predicted octanol–water partition coefficient (Wildman–Crippen LogP) is 2.55. The van der Waals surface area contributed by atoms with Gasteiger partial charge < -0.3 is 14.8 Å². The quantitative estimate of drug-likeness (QED) is 0.861. The van der Waals surface area contributed by atoms with Gasteiger partial charge in [0.25, 0.3) is 0 Å². The third-order valence-electron chi connectivity index (χ3n) is 6.56. The number of benzene rings is 1. The van der Waals surface area contributed by atoms with E-state index < -0.39 is 0 Å². The summed E-state index contributed by atoms with van der Waals surface area (Å²) < 4.78 is 11.0. The first-order chi connectivity index (χ1) is 13.7. The van der Waals surface area contributed by atoms with E-state index in [1.54, 1.807) is 7.11 Å². The highest BCUT2D eigenvalue weighted by Crippen LogP contribution is 2.36. The molecular weight excluding hydrogens is 354 g/mol. The van der Waals surface area contributed by atoms with Crippen molar-refractivity contribution in [2.24, 2.45) is 0 Å². The van der Waals surface area contributed by atoms with Crippen molar-refractivity contribution in [3.05, 3.63) is 29.8 Å². The van der Waals surface area contributed by atoms with Crippen molar-refractivity contribution in [2.75, 3.05) is 33.4 Å². The number of hydrogen-bond donors (Lipinski definition) is 1. The first kappa shape index (κ1) is 19.7. The molecule has 1 aromatic carbocycles. The zero-order valence-electron chi connectivity index (χ0n) is 17.1. The molecule has 0 saturated carbocycles. The molecule has 154 valence electrons. The van der Waals surface area contributed by atoms with Gasteiger partial charge >= 0.3 is 0 Å². The number of methoxy groups -OCH3 is 1. The van der Waals surface area contributed by atoms with Crippen LogP contribution < -0.4 is 10.1 Å². The highest BCUT2D eigenvalue weighted by atomic mass is 16.5. The molecule has 6 heteroatoms. The summed E-state index contributed by atoms with van der Waals surface area (Å²) in [5.41, 5.74) is 1.29. The number of rotatable bonds is 4. The minimum Gasteiger partial charge on any atom is -0.497 e. The van der Waals surface area contributed by atoms with Gasteiger partial charge in [0.05, 0.1) is 26.5 Å². The zero-order chi connectivity index (χ0) is 19.5. The van der Waals surface area contributed by atoms with E-state index in [1.807, 2.05) is 6.07 Å². The highest BCUT2D eigenvalue weighted by Gasteiger charge is 2.39. The first-order valence-corrected chi connectivity index (χ1v) is 10.7. The monoisotopic (exact) mass is 387 g/mol. The SMILES string of the molecule is COc1cccc([C@H]2CCCCN2C2CC(N3CCOC[C@H]3C)CC(=O)N2)c1. The molecule has 0 aromatic heterocycles. The number of likely N-dealkylation sites (tertiary alicyclic amines) is 1. The molecular formula is C22H33N3O3. The second-order valence-corrected chi connectivity index (χ2v) is 8.36. The Hall–Kier alpha value is -1.63. The number of morpholine rings is 1. The minimum atomic E-state index is 0.0952. The fraction of sp³-hybridized carbons (Fsp3) is 0.682. The van der Waals surface area contributed by atoms with Gasteiger partial charge in [0.1, 0.15) is 5.75 Å². The number of nitrogens with zero attached hydrogens (tertiary/aromatic N) is 2. The maximum Gasteiger partial charge on any atom is 0.222 e. The van der Waals surface area contributed by atoms with Crippen LogP contribution in [0.3, 0.4) is 0 Å². The summed E-state index contributed by atoms with van der Waals surface area (Å²) in [7, 11) is 1.72. The van der Waals surface area contributed by atoms with Crippen molar-refractivity contribution in [1.29, 1.82) is 0 Å². The number of piperidine rings is 2. The summed E-state index contributed by atoms with van der Waals surface area (Å²) in [4.78, 5) is 17.6. The van der Waals surface area contributed by atoms with E-state index in [0.29, 0.717) is 24.5 Å². The van der Waals surface area contributed by atoms with Gasteiger partial charge in [0, 0.05) is 37.6 Å². The van der Waals surface area contributed by atoms with Crippen LogP contribution in [0, 0.1) is 0 Å². The summed E-state index contributed by atoms with van der Waals surface area (Å²) in [6, 6.07) is 9.40. The van der Waals surface area contributed by atoms with Crippen molar-refractivity contribution in [3.8, 4) is 5.75 Å². The van der Waals surface area contributed by atoms with E-state index in [9.17, 15) is 4.79 Å². The smallest absolute Gasteiger partial charge is 0.222 e. The molecule has 28 heavy (non-hydrogen) atoms. The fourth-order valence-electron chi connectivity index (χ4n) is 5.15. The van der Waals surface area contributed by atoms with Gasteiger partial charge in [-0.2, -0.15) is 0 Å². The first-order valence-electron chi connectivity index (χ1n) is 10.7. The minimum absolute atomic E-state index is 0.0952. The lowest BCUT2D eigenvalue weighted by atomic mass is 9.91. The van der Waals surface area contributed by atoms with Crippen molar-refractivity contribution in [2.45, 2.75) is 63.3 Å². The molecule has 3 fully saturated rings. The largest absolute Gasteiger partial charge is 0.497 e. The van der Waals surface area contributed by atoms with Crippen LogP contribution in [0.2, 0.25) is 0 Å². The van der Waals surface area contributed by atoms with Gasteiger partial charge in [-0.05, 0) is 43.9 Å². The maximum atomic E-state index is 12.6. The van der Waals surface area contributed by atoms with Crippen LogP contribution in [-0.4, -0.2) is 67.4 Å². The lowest BCUT2D eigenvalue weighted by Gasteiger charge is -2.48. The van der Waals surface area contributed by atoms with Crippen LogP contribution in [-0.2, 0) is 9.53 Å². The second-order valence-electron chi connectivity index (χ2n) is 8.36. The van der Waals surface area contributed by atoms with Crippen LogP contribution in [0.4, 0.5) is 0 Å². The molecule has 0 radical (unpaired) electrons. The number of hydrogen-bond acceptors (Lipinski definition) is 5. The van der Waals surface area contributed by atoms with Crippen molar-refractivity contribution >= 4 is 5.91 Å². The fourth-order valence-corrected chi connectivity index (χ4v) is 5.15. The maximum absolute atomic E-state index is 12.6. The Morgan fingerprint density at radius 1 is 1.21 bits per heavy atom. The van der Waals surface area contributed by atoms with Crippen LogP contribution in [0.5, 0.6) is 5.75 Å². The topological polar surface area (TPSA) is 54.0 Å². The summed E-state index contributed by atoms with van der Waals surface area (Å²) in [6.45, 7) is 5.69. The van der Waals surface area contributed by atoms with Crippen molar-refractivity contribution in [1.82, 2.24) is 15.1 Å². The molecule has 6 nitrogen and oxygen atoms in total. The molecule has 3 heterocycles. The lowest BCUT2D eigenvalue weighted by Crippen LogP contribution is -2.61. The molecule has 4 rings (SSSR count). The number of carbonyl (C=O) groups excluding carboxylic acids is 1. The van der Waals surface area contributed by atoms with Crippen LogP contribution in [0.15, 0.2) is 24.3 Å². The summed E-state index contributed by atoms with van der Waals surface area (Å²) in [5.74, 6) is 1.07. The summed E-state index contributed by atoms with van der Waals surface area (Å²) in [6.07, 6.45) is 5.21. The molecule has 3 saturated heterocycles. The van der Waals surface area contributed by atoms with E-state index in [-0.39, 0.29) is 12.1 Å². The highest BCUT2D eigenvalue weighted by molar-refractivity contribution is 5.77. The Morgan fingerprint density at radius 3 is 2.93 bits per heavy atom. The third-order valence-corrected chi connectivity index (χ3v) is 6.56. The zero-order valence-corrected chi connectivity index (χ0v) is 17.1. The second kappa shape index (κ2) is 8.80. The van der Waals surface area contributed by atoms with Crippen molar-refractivity contribution in [3.63, 3.8) is 0 Å². The normalized spacial score (nSPS) is 32.7. The van der Waals surface area contributed by atoms with Gasteiger partial charge in [0.15, 0.2) is 0 Å². The van der Waals surface area contributed by atoms with E-state index in [0.717, 1.165) is 44.9 Å². The summed E-state index contributed by atoms with van der Waals surface area (Å²) >= 11 is 0. The molecule has 3 aliphatic heterocycles. The Balaban J connectivity index is 1.53.